The second-order valence-corrected chi connectivity index (χ2v) is 6.07. The molecule has 0 aliphatic heterocycles. The normalized spacial score (nSPS) is 15.5. The molecule has 0 heterocycles. The molecule has 31 heavy (non-hydrogen) atoms. The Balaban J connectivity index is 2.37. The van der Waals surface area contributed by atoms with E-state index in [1.165, 1.54) is 18.2 Å². The Morgan fingerprint density at radius 3 is 1.81 bits per heavy atom. The van der Waals surface area contributed by atoms with E-state index in [0.29, 0.717) is 12.1 Å². The molecule has 9 heteroatoms. The molecule has 0 bridgehead atoms. The van der Waals surface area contributed by atoms with Gasteiger partial charge in [-0.3, -0.25) is 0 Å². The SMILES string of the molecule is [C-]#[N+]/N=C1C=C/C(=C(/C#N)[N+]#[C-])C=C/1N(c1cc(F)cc(F)c1)c1cc(F)cc(F)c1. The van der Waals surface area contributed by atoms with Crippen LogP contribution in [0.4, 0.5) is 28.9 Å². The van der Waals surface area contributed by atoms with Crippen LogP contribution in [0.5, 0.6) is 0 Å². The minimum atomic E-state index is -0.956. The predicted molar refractivity (Wildman–Crippen MR) is 105 cm³/mol. The summed E-state index contributed by atoms with van der Waals surface area (Å²) in [6.45, 7) is 14.2. The third-order valence-corrected chi connectivity index (χ3v) is 4.08. The standard InChI is InChI=1S/C22H9F4N5/c1-28-21(12-27)13-3-4-20(30-29-2)22(5-13)31(18-8-14(23)6-15(24)9-18)19-10-16(25)7-17(26)11-19/h3-11H/b21-13+,30-20-. The maximum Gasteiger partial charge on any atom is 0.269 e. The molecule has 0 aromatic heterocycles. The van der Waals surface area contributed by atoms with Crippen LogP contribution in [0.25, 0.3) is 9.80 Å². The summed E-state index contributed by atoms with van der Waals surface area (Å²) in [6, 6.07) is 6.64. The molecule has 2 aromatic carbocycles. The van der Waals surface area contributed by atoms with Gasteiger partial charge in [0.25, 0.3) is 5.70 Å². The predicted octanol–water partition coefficient (Wildman–Crippen LogP) is 5.81. The van der Waals surface area contributed by atoms with Crippen LogP contribution in [0.3, 0.4) is 0 Å². The van der Waals surface area contributed by atoms with Crippen molar-refractivity contribution in [2.24, 2.45) is 5.10 Å². The number of halogens is 4. The number of hydrogen-bond acceptors (Lipinski definition) is 3. The van der Waals surface area contributed by atoms with E-state index in [9.17, 15) is 22.8 Å². The molecule has 0 unspecified atom stereocenters. The van der Waals surface area contributed by atoms with Crippen molar-refractivity contribution in [1.29, 1.82) is 5.26 Å². The summed E-state index contributed by atoms with van der Waals surface area (Å²) in [7, 11) is 0. The Morgan fingerprint density at radius 2 is 1.39 bits per heavy atom. The average Bonchev–Trinajstić information content (AvgIpc) is 2.69. The van der Waals surface area contributed by atoms with Gasteiger partial charge >= 0.3 is 0 Å². The van der Waals surface area contributed by atoms with Crippen molar-refractivity contribution in [2.75, 3.05) is 4.90 Å². The summed E-state index contributed by atoms with van der Waals surface area (Å²) in [5.74, 6) is -3.83. The van der Waals surface area contributed by atoms with E-state index in [4.69, 9.17) is 13.1 Å². The van der Waals surface area contributed by atoms with Gasteiger partial charge in [-0.25, -0.2) is 27.7 Å². The summed E-state index contributed by atoms with van der Waals surface area (Å²) in [5, 5.41) is 12.8. The van der Waals surface area contributed by atoms with E-state index in [0.717, 1.165) is 29.2 Å². The van der Waals surface area contributed by atoms with Crippen LogP contribution in [-0.2, 0) is 0 Å². The van der Waals surface area contributed by atoms with Crippen LogP contribution in [0.2, 0.25) is 0 Å². The van der Waals surface area contributed by atoms with Gasteiger partial charge in [0, 0.05) is 12.1 Å². The van der Waals surface area contributed by atoms with Gasteiger partial charge in [-0.15, -0.1) is 4.95 Å². The number of nitrogens with zero attached hydrogens (tertiary/aromatic N) is 5. The molecule has 0 spiro atoms. The van der Waals surface area contributed by atoms with Gasteiger partial charge < -0.3 is 4.90 Å². The fraction of sp³-hybridized carbons (Fsp3) is 0. The van der Waals surface area contributed by atoms with Crippen LogP contribution in [0, 0.1) is 47.7 Å². The second-order valence-electron chi connectivity index (χ2n) is 6.07. The average molecular weight is 419 g/mol. The first-order chi connectivity index (χ1) is 14.9. The lowest BCUT2D eigenvalue weighted by Crippen LogP contribution is -2.24. The fourth-order valence-electron chi connectivity index (χ4n) is 2.91. The van der Waals surface area contributed by atoms with Crippen LogP contribution >= 0.6 is 0 Å². The Morgan fingerprint density at radius 1 is 0.871 bits per heavy atom. The summed E-state index contributed by atoms with van der Waals surface area (Å²) in [6.07, 6.45) is 3.94. The molecule has 0 radical (unpaired) electrons. The third-order valence-electron chi connectivity index (χ3n) is 4.08. The molecular weight excluding hydrogens is 410 g/mol. The summed E-state index contributed by atoms with van der Waals surface area (Å²) in [4.78, 5) is 7.13. The lowest BCUT2D eigenvalue weighted by Gasteiger charge is -2.28. The van der Waals surface area contributed by atoms with Gasteiger partial charge in [0.15, 0.2) is 5.71 Å². The minimum Gasteiger partial charge on any atom is -0.308 e. The van der Waals surface area contributed by atoms with E-state index in [2.05, 4.69) is 14.9 Å². The summed E-state index contributed by atoms with van der Waals surface area (Å²) >= 11 is 0. The Bertz CT molecular complexity index is 1210. The molecule has 2 aromatic rings. The molecule has 0 saturated heterocycles. The Hall–Kier alpha value is -4.68. The highest BCUT2D eigenvalue weighted by molar-refractivity contribution is 6.14. The van der Waals surface area contributed by atoms with Crippen molar-refractivity contribution in [3.63, 3.8) is 0 Å². The smallest absolute Gasteiger partial charge is 0.269 e. The topological polar surface area (TPSA) is 48.1 Å². The lowest BCUT2D eigenvalue weighted by molar-refractivity contribution is 0.582. The van der Waals surface area contributed by atoms with E-state index in [1.807, 2.05) is 0 Å². The molecule has 0 fully saturated rings. The summed E-state index contributed by atoms with van der Waals surface area (Å²) < 4.78 is 55.9. The fourth-order valence-corrected chi connectivity index (χ4v) is 2.91. The van der Waals surface area contributed by atoms with E-state index in [1.54, 1.807) is 6.07 Å². The highest BCUT2D eigenvalue weighted by atomic mass is 19.1. The van der Waals surface area contributed by atoms with Crippen molar-refractivity contribution >= 4 is 17.1 Å². The van der Waals surface area contributed by atoms with Gasteiger partial charge in [0.1, 0.15) is 23.3 Å². The van der Waals surface area contributed by atoms with Crippen molar-refractivity contribution < 1.29 is 17.6 Å². The quantitative estimate of drug-likeness (QED) is 0.273. The molecular formula is C22H9F4N5. The van der Waals surface area contributed by atoms with Crippen molar-refractivity contribution in [1.82, 2.24) is 0 Å². The molecule has 5 nitrogen and oxygen atoms in total. The highest BCUT2D eigenvalue weighted by Crippen LogP contribution is 2.35. The number of allylic oxidation sites excluding steroid dienone is 5. The van der Waals surface area contributed by atoms with Crippen LogP contribution in [0.15, 0.2) is 76.7 Å². The van der Waals surface area contributed by atoms with Crippen molar-refractivity contribution in [3.8, 4) is 6.07 Å². The molecule has 0 amide bonds. The molecule has 3 rings (SSSR count). The highest BCUT2D eigenvalue weighted by Gasteiger charge is 2.25. The molecule has 1 aliphatic carbocycles. The number of nitriles is 1. The first kappa shape index (κ1) is 21.0. The van der Waals surface area contributed by atoms with Crippen molar-refractivity contribution in [3.05, 3.63) is 118 Å². The third kappa shape index (κ3) is 4.50. The van der Waals surface area contributed by atoms with Gasteiger partial charge in [0.2, 0.25) is 0 Å². The first-order valence-corrected chi connectivity index (χ1v) is 8.45. The first-order valence-electron chi connectivity index (χ1n) is 8.45. The van der Waals surface area contributed by atoms with Crippen LogP contribution in [-0.4, -0.2) is 5.71 Å². The Labute approximate surface area is 174 Å². The van der Waals surface area contributed by atoms with Gasteiger partial charge in [-0.05, 0) is 42.0 Å². The molecule has 150 valence electrons. The van der Waals surface area contributed by atoms with Crippen LogP contribution < -0.4 is 4.90 Å². The Kier molecular flexibility index (Phi) is 5.95. The van der Waals surface area contributed by atoms with E-state index in [-0.39, 0.29) is 34.1 Å². The van der Waals surface area contributed by atoms with E-state index >= 15 is 0 Å². The number of hydrogen-bond donors (Lipinski definition) is 0. The minimum absolute atomic E-state index is 0.0182. The molecule has 0 atom stereocenters. The summed E-state index contributed by atoms with van der Waals surface area (Å²) in [5.41, 5.74) is -0.554. The zero-order valence-electron chi connectivity index (χ0n) is 15.4. The zero-order chi connectivity index (χ0) is 22.5. The zero-order valence-corrected chi connectivity index (χ0v) is 15.4. The molecule has 0 saturated carbocycles. The number of benzene rings is 2. The van der Waals surface area contributed by atoms with Crippen molar-refractivity contribution in [2.45, 2.75) is 0 Å². The van der Waals surface area contributed by atoms with Gasteiger partial charge in [-0.2, -0.15) is 6.57 Å². The second kappa shape index (κ2) is 8.77. The maximum absolute atomic E-state index is 14.0. The number of rotatable bonds is 3. The molecule has 1 aliphatic rings. The largest absolute Gasteiger partial charge is 0.308 e. The lowest BCUT2D eigenvalue weighted by atomic mass is 10.0. The van der Waals surface area contributed by atoms with Gasteiger partial charge in [0.05, 0.1) is 34.8 Å². The molecule has 0 N–H and O–H groups in total. The maximum atomic E-state index is 14.0. The van der Waals surface area contributed by atoms with Crippen LogP contribution in [0.1, 0.15) is 0 Å². The number of anilines is 2. The monoisotopic (exact) mass is 419 g/mol. The van der Waals surface area contributed by atoms with E-state index < -0.39 is 23.3 Å². The van der Waals surface area contributed by atoms with Gasteiger partial charge in [-0.1, -0.05) is 6.08 Å².